The fourth-order valence-corrected chi connectivity index (χ4v) is 2.56. The minimum atomic E-state index is 0.0642. The van der Waals surface area contributed by atoms with Gasteiger partial charge in [0.1, 0.15) is 0 Å². The number of carbonyl (C=O) groups is 1. The van der Waals surface area contributed by atoms with Gasteiger partial charge in [-0.2, -0.15) is 0 Å². The van der Waals surface area contributed by atoms with Crippen molar-refractivity contribution in [2.75, 3.05) is 6.54 Å². The number of aryl methyl sites for hydroxylation is 1. The van der Waals surface area contributed by atoms with Crippen molar-refractivity contribution in [3.8, 4) is 0 Å². The van der Waals surface area contributed by atoms with E-state index in [9.17, 15) is 4.79 Å². The second kappa shape index (κ2) is 6.01. The first-order valence-corrected chi connectivity index (χ1v) is 7.55. The van der Waals surface area contributed by atoms with Crippen molar-refractivity contribution in [2.24, 2.45) is 5.73 Å². The van der Waals surface area contributed by atoms with Crippen LogP contribution in [0.5, 0.6) is 0 Å². The molecule has 0 saturated heterocycles. The Hall–Kier alpha value is -0.940. The van der Waals surface area contributed by atoms with Crippen LogP contribution in [0.1, 0.15) is 35.2 Å². The molecule has 1 aromatic rings. The summed E-state index contributed by atoms with van der Waals surface area (Å²) in [5, 5.41) is 0. The van der Waals surface area contributed by atoms with E-state index in [4.69, 9.17) is 18.0 Å². The maximum absolute atomic E-state index is 12.6. The van der Waals surface area contributed by atoms with Crippen molar-refractivity contribution in [1.29, 1.82) is 0 Å². The molecule has 0 atom stereocenters. The summed E-state index contributed by atoms with van der Waals surface area (Å²) in [4.78, 5) is 15.0. The molecule has 2 N–H and O–H groups in total. The van der Waals surface area contributed by atoms with E-state index in [-0.39, 0.29) is 5.91 Å². The summed E-state index contributed by atoms with van der Waals surface area (Å²) >= 11 is 8.40. The molecular formula is C14H17BrN2OS. The lowest BCUT2D eigenvalue weighted by Gasteiger charge is -2.23. The van der Waals surface area contributed by atoms with Gasteiger partial charge in [-0.3, -0.25) is 4.79 Å². The number of hydrogen-bond donors (Lipinski definition) is 1. The minimum Gasteiger partial charge on any atom is -0.393 e. The van der Waals surface area contributed by atoms with E-state index in [1.807, 2.05) is 30.0 Å². The number of rotatable bonds is 5. The molecule has 1 aliphatic rings. The van der Waals surface area contributed by atoms with Crippen LogP contribution in [0.4, 0.5) is 0 Å². The lowest BCUT2D eigenvalue weighted by Crippen LogP contribution is -2.35. The third kappa shape index (κ3) is 3.54. The molecular weight excluding hydrogens is 324 g/mol. The summed E-state index contributed by atoms with van der Waals surface area (Å²) in [6.07, 6.45) is 2.74. The number of halogens is 1. The molecule has 1 aromatic carbocycles. The summed E-state index contributed by atoms with van der Waals surface area (Å²) < 4.78 is 0.876. The summed E-state index contributed by atoms with van der Waals surface area (Å²) in [7, 11) is 0. The third-order valence-electron chi connectivity index (χ3n) is 3.27. The normalized spacial score (nSPS) is 14.2. The van der Waals surface area contributed by atoms with Crippen molar-refractivity contribution in [2.45, 2.75) is 32.2 Å². The standard InChI is InChI=1S/C14H17BrN2OS/c1-9-3-2-4-11(13(9)15)14(18)17(10-5-6-10)8-7-12(16)19/h2-4,10H,5-8H2,1H3,(H2,16,19). The molecule has 1 aliphatic carbocycles. The van der Waals surface area contributed by atoms with Crippen LogP contribution in [0.3, 0.4) is 0 Å². The molecule has 0 aliphatic heterocycles. The minimum absolute atomic E-state index is 0.0642. The Morgan fingerprint density at radius 2 is 2.21 bits per heavy atom. The van der Waals surface area contributed by atoms with E-state index in [2.05, 4.69) is 15.9 Å². The molecule has 0 aromatic heterocycles. The van der Waals surface area contributed by atoms with Gasteiger partial charge < -0.3 is 10.6 Å². The van der Waals surface area contributed by atoms with Crippen molar-refractivity contribution >= 4 is 39.0 Å². The maximum Gasteiger partial charge on any atom is 0.255 e. The SMILES string of the molecule is Cc1cccc(C(=O)N(CCC(N)=S)C2CC2)c1Br. The van der Waals surface area contributed by atoms with Gasteiger partial charge in [-0.15, -0.1) is 0 Å². The predicted molar refractivity (Wildman–Crippen MR) is 84.3 cm³/mol. The monoisotopic (exact) mass is 340 g/mol. The number of carbonyl (C=O) groups excluding carboxylic acids is 1. The van der Waals surface area contributed by atoms with E-state index in [1.54, 1.807) is 0 Å². The Labute approximate surface area is 127 Å². The molecule has 0 bridgehead atoms. The van der Waals surface area contributed by atoms with Gasteiger partial charge in [0.15, 0.2) is 0 Å². The van der Waals surface area contributed by atoms with Gasteiger partial charge in [-0.1, -0.05) is 24.4 Å². The van der Waals surface area contributed by atoms with Gasteiger partial charge in [0.25, 0.3) is 5.91 Å². The number of nitrogens with two attached hydrogens (primary N) is 1. The molecule has 1 saturated carbocycles. The largest absolute Gasteiger partial charge is 0.393 e. The third-order valence-corrected chi connectivity index (χ3v) is 4.53. The highest BCUT2D eigenvalue weighted by Crippen LogP contribution is 2.30. The quantitative estimate of drug-likeness (QED) is 0.838. The zero-order valence-electron chi connectivity index (χ0n) is 10.9. The van der Waals surface area contributed by atoms with E-state index in [0.717, 1.165) is 28.4 Å². The highest BCUT2D eigenvalue weighted by atomic mass is 79.9. The first-order valence-electron chi connectivity index (χ1n) is 6.35. The number of nitrogens with zero attached hydrogens (tertiary/aromatic N) is 1. The van der Waals surface area contributed by atoms with Crippen molar-refractivity contribution < 1.29 is 4.79 Å². The molecule has 19 heavy (non-hydrogen) atoms. The number of hydrogen-bond acceptors (Lipinski definition) is 2. The Balaban J connectivity index is 2.19. The van der Waals surface area contributed by atoms with E-state index in [0.29, 0.717) is 24.0 Å². The Bertz CT molecular complexity index is 514. The second-order valence-electron chi connectivity index (χ2n) is 4.88. The van der Waals surface area contributed by atoms with Crippen molar-refractivity contribution in [3.05, 3.63) is 33.8 Å². The molecule has 3 nitrogen and oxygen atoms in total. The highest BCUT2D eigenvalue weighted by Gasteiger charge is 2.33. The fraction of sp³-hybridized carbons (Fsp3) is 0.429. The van der Waals surface area contributed by atoms with Gasteiger partial charge >= 0.3 is 0 Å². The van der Waals surface area contributed by atoms with Crippen LogP contribution in [0, 0.1) is 6.92 Å². The molecule has 2 rings (SSSR count). The molecule has 102 valence electrons. The molecule has 0 heterocycles. The molecule has 1 amide bonds. The van der Waals surface area contributed by atoms with Crippen LogP contribution in [-0.2, 0) is 0 Å². The van der Waals surface area contributed by atoms with Crippen LogP contribution in [-0.4, -0.2) is 28.4 Å². The maximum atomic E-state index is 12.6. The highest BCUT2D eigenvalue weighted by molar-refractivity contribution is 9.10. The lowest BCUT2D eigenvalue weighted by atomic mass is 10.1. The van der Waals surface area contributed by atoms with E-state index in [1.165, 1.54) is 0 Å². The van der Waals surface area contributed by atoms with Crippen LogP contribution in [0.2, 0.25) is 0 Å². The van der Waals surface area contributed by atoms with E-state index < -0.39 is 0 Å². The molecule has 0 radical (unpaired) electrons. The number of benzene rings is 1. The van der Waals surface area contributed by atoms with Crippen LogP contribution in [0.25, 0.3) is 0 Å². The van der Waals surface area contributed by atoms with Crippen LogP contribution < -0.4 is 5.73 Å². The molecule has 0 unspecified atom stereocenters. The number of thiocarbonyl (C=S) groups is 1. The van der Waals surface area contributed by atoms with Crippen LogP contribution in [0.15, 0.2) is 22.7 Å². The Morgan fingerprint density at radius 1 is 1.53 bits per heavy atom. The van der Waals surface area contributed by atoms with Gasteiger partial charge in [0.05, 0.1) is 10.6 Å². The van der Waals surface area contributed by atoms with Gasteiger partial charge in [0, 0.05) is 23.5 Å². The van der Waals surface area contributed by atoms with Gasteiger partial charge in [-0.25, -0.2) is 0 Å². The first-order chi connectivity index (χ1) is 9.00. The van der Waals surface area contributed by atoms with E-state index >= 15 is 0 Å². The topological polar surface area (TPSA) is 46.3 Å². The van der Waals surface area contributed by atoms with Crippen LogP contribution >= 0.6 is 28.1 Å². The average molecular weight is 341 g/mol. The average Bonchev–Trinajstić information content (AvgIpc) is 3.17. The molecule has 5 heteroatoms. The van der Waals surface area contributed by atoms with Gasteiger partial charge in [0.2, 0.25) is 0 Å². The summed E-state index contributed by atoms with van der Waals surface area (Å²) in [5.74, 6) is 0.0642. The van der Waals surface area contributed by atoms with Crippen molar-refractivity contribution in [1.82, 2.24) is 4.90 Å². The Morgan fingerprint density at radius 3 is 2.79 bits per heavy atom. The molecule has 0 spiro atoms. The van der Waals surface area contributed by atoms with Gasteiger partial charge in [-0.05, 0) is 47.3 Å². The summed E-state index contributed by atoms with van der Waals surface area (Å²) in [6, 6.07) is 6.10. The summed E-state index contributed by atoms with van der Waals surface area (Å²) in [5.41, 5.74) is 7.32. The molecule has 1 fully saturated rings. The van der Waals surface area contributed by atoms with Crippen molar-refractivity contribution in [3.63, 3.8) is 0 Å². The first kappa shape index (κ1) is 14.5. The Kier molecular flexibility index (Phi) is 4.58. The fourth-order valence-electron chi connectivity index (χ4n) is 2.03. The zero-order valence-corrected chi connectivity index (χ0v) is 13.3. The summed E-state index contributed by atoms with van der Waals surface area (Å²) in [6.45, 7) is 2.59. The second-order valence-corrected chi connectivity index (χ2v) is 6.20. The predicted octanol–water partition coefficient (Wildman–Crippen LogP) is 3.04. The smallest absolute Gasteiger partial charge is 0.255 e. The number of amides is 1. The zero-order chi connectivity index (χ0) is 14.0. The lowest BCUT2D eigenvalue weighted by molar-refractivity contribution is 0.0747.